The largest absolute Gasteiger partial charge is 0.478 e. The van der Waals surface area contributed by atoms with Gasteiger partial charge in [-0.2, -0.15) is 0 Å². The number of thiophene rings is 1. The maximum Gasteiger partial charge on any atom is 0.336 e. The summed E-state index contributed by atoms with van der Waals surface area (Å²) in [5, 5.41) is 21.6. The minimum absolute atomic E-state index is 0.0208. The van der Waals surface area contributed by atoms with Crippen LogP contribution in [0.4, 0.5) is 0 Å². The molecule has 1 aromatic heterocycles. The summed E-state index contributed by atoms with van der Waals surface area (Å²) in [6.07, 6.45) is 0.898. The van der Waals surface area contributed by atoms with E-state index in [-0.39, 0.29) is 11.7 Å². The Hall–Kier alpha value is -0.910. The van der Waals surface area contributed by atoms with Gasteiger partial charge in [-0.1, -0.05) is 13.8 Å². The molecule has 0 spiro atoms. The third-order valence-corrected chi connectivity index (χ3v) is 4.56. The molecule has 100 valence electrons. The minimum Gasteiger partial charge on any atom is -0.478 e. The van der Waals surface area contributed by atoms with Crippen LogP contribution in [0.1, 0.15) is 41.9 Å². The number of hydrogen-bond donors (Lipinski definition) is 2. The first kappa shape index (κ1) is 13.5. The monoisotopic (exact) mass is 270 g/mol. The van der Waals surface area contributed by atoms with Gasteiger partial charge < -0.3 is 14.9 Å². The van der Waals surface area contributed by atoms with Crippen molar-refractivity contribution in [2.75, 3.05) is 6.61 Å². The van der Waals surface area contributed by atoms with E-state index in [2.05, 4.69) is 0 Å². The van der Waals surface area contributed by atoms with Gasteiger partial charge in [0.15, 0.2) is 0 Å². The Bertz CT molecular complexity index is 440. The predicted molar refractivity (Wildman–Crippen MR) is 69.0 cm³/mol. The lowest BCUT2D eigenvalue weighted by atomic mass is 9.84. The summed E-state index contributed by atoms with van der Waals surface area (Å²) in [5.74, 6) is -0.669. The van der Waals surface area contributed by atoms with Crippen molar-refractivity contribution in [3.8, 4) is 0 Å². The van der Waals surface area contributed by atoms with Gasteiger partial charge in [0.25, 0.3) is 0 Å². The number of aliphatic hydroxyl groups is 1. The van der Waals surface area contributed by atoms with Crippen molar-refractivity contribution < 1.29 is 19.7 Å². The Morgan fingerprint density at radius 1 is 1.61 bits per heavy atom. The zero-order chi connectivity index (χ0) is 13.3. The van der Waals surface area contributed by atoms with Crippen molar-refractivity contribution in [1.82, 2.24) is 0 Å². The van der Waals surface area contributed by atoms with Crippen LogP contribution in [0.3, 0.4) is 0 Å². The number of rotatable bonds is 3. The summed E-state index contributed by atoms with van der Waals surface area (Å²) >= 11 is 1.31. The van der Waals surface area contributed by atoms with E-state index in [1.807, 2.05) is 13.8 Å². The summed E-state index contributed by atoms with van der Waals surface area (Å²) < 4.78 is 5.63. The highest BCUT2D eigenvalue weighted by molar-refractivity contribution is 7.10. The molecule has 18 heavy (non-hydrogen) atoms. The van der Waals surface area contributed by atoms with Crippen molar-refractivity contribution in [2.24, 2.45) is 5.92 Å². The van der Waals surface area contributed by atoms with Gasteiger partial charge in [0.1, 0.15) is 5.60 Å². The van der Waals surface area contributed by atoms with E-state index >= 15 is 0 Å². The Morgan fingerprint density at radius 3 is 2.94 bits per heavy atom. The number of aromatic carboxylic acids is 1. The lowest BCUT2D eigenvalue weighted by Crippen LogP contribution is -2.41. The molecular weight excluding hydrogens is 252 g/mol. The first-order valence-corrected chi connectivity index (χ1v) is 6.97. The molecule has 2 unspecified atom stereocenters. The quantitative estimate of drug-likeness (QED) is 0.885. The summed E-state index contributed by atoms with van der Waals surface area (Å²) in [6, 6.07) is 1.56. The van der Waals surface area contributed by atoms with Crippen LogP contribution in [0.2, 0.25) is 0 Å². The van der Waals surface area contributed by atoms with E-state index in [9.17, 15) is 9.90 Å². The molecule has 1 aliphatic heterocycles. The van der Waals surface area contributed by atoms with Gasteiger partial charge in [0, 0.05) is 12.8 Å². The highest BCUT2D eigenvalue weighted by atomic mass is 32.1. The van der Waals surface area contributed by atoms with Crippen LogP contribution in [0.25, 0.3) is 0 Å². The Morgan fingerprint density at radius 2 is 2.33 bits per heavy atom. The second-order valence-corrected chi connectivity index (χ2v) is 6.02. The molecule has 4 nitrogen and oxygen atoms in total. The molecular formula is C13H18O4S. The van der Waals surface area contributed by atoms with E-state index in [4.69, 9.17) is 9.84 Å². The van der Waals surface area contributed by atoms with Gasteiger partial charge in [0.05, 0.1) is 23.2 Å². The van der Waals surface area contributed by atoms with Gasteiger partial charge in [-0.15, -0.1) is 11.3 Å². The molecule has 1 fully saturated rings. The van der Waals surface area contributed by atoms with Crippen LogP contribution in [-0.4, -0.2) is 28.9 Å². The van der Waals surface area contributed by atoms with Crippen LogP contribution in [-0.2, 0) is 10.3 Å². The summed E-state index contributed by atoms with van der Waals surface area (Å²) in [4.78, 5) is 11.7. The van der Waals surface area contributed by atoms with E-state index in [0.29, 0.717) is 30.2 Å². The third-order valence-electron chi connectivity index (χ3n) is 3.45. The van der Waals surface area contributed by atoms with Gasteiger partial charge >= 0.3 is 5.97 Å². The summed E-state index contributed by atoms with van der Waals surface area (Å²) in [6.45, 7) is 4.56. The molecule has 2 rings (SSSR count). The number of carboxylic acid groups (broad SMARTS) is 1. The normalized spacial score (nSPS) is 28.6. The number of hydrogen-bond acceptors (Lipinski definition) is 4. The lowest BCUT2D eigenvalue weighted by molar-refractivity contribution is -0.120. The maximum absolute atomic E-state index is 11.1. The Kier molecular flexibility index (Phi) is 3.75. The molecule has 0 amide bonds. The molecule has 2 atom stereocenters. The summed E-state index contributed by atoms with van der Waals surface area (Å²) in [5.41, 5.74) is -0.846. The SMILES string of the molecule is CC(C)C1CC(O)(c2sccc2C(=O)O)CCO1. The fraction of sp³-hybridized carbons (Fsp3) is 0.615. The van der Waals surface area contributed by atoms with Gasteiger partial charge in [0.2, 0.25) is 0 Å². The molecule has 1 aromatic rings. The first-order valence-electron chi connectivity index (χ1n) is 6.09. The smallest absolute Gasteiger partial charge is 0.336 e. The zero-order valence-electron chi connectivity index (χ0n) is 10.5. The van der Waals surface area contributed by atoms with E-state index in [1.54, 1.807) is 11.4 Å². The standard InChI is InChI=1S/C13H18O4S/c1-8(2)10-7-13(16,4-5-17-10)11-9(12(14)15)3-6-18-11/h3,6,8,10,16H,4-5,7H2,1-2H3,(H,14,15). The Labute approximate surface area is 110 Å². The Balaban J connectivity index is 2.30. The maximum atomic E-state index is 11.1. The fourth-order valence-corrected chi connectivity index (χ4v) is 3.37. The third kappa shape index (κ3) is 2.43. The van der Waals surface area contributed by atoms with E-state index < -0.39 is 11.6 Å². The van der Waals surface area contributed by atoms with Crippen LogP contribution in [0.15, 0.2) is 11.4 Å². The minimum atomic E-state index is -1.06. The van der Waals surface area contributed by atoms with Crippen LogP contribution in [0, 0.1) is 5.92 Å². The summed E-state index contributed by atoms with van der Waals surface area (Å²) in [7, 11) is 0. The fourth-order valence-electron chi connectivity index (χ4n) is 2.35. The molecule has 0 radical (unpaired) electrons. The molecule has 0 aromatic carbocycles. The second-order valence-electron chi connectivity index (χ2n) is 5.11. The number of carbonyl (C=O) groups is 1. The van der Waals surface area contributed by atoms with Crippen LogP contribution < -0.4 is 0 Å². The highest BCUT2D eigenvalue weighted by Crippen LogP contribution is 2.40. The van der Waals surface area contributed by atoms with Gasteiger partial charge in [-0.25, -0.2) is 4.79 Å². The van der Waals surface area contributed by atoms with E-state index in [1.165, 1.54) is 11.3 Å². The predicted octanol–water partition coefficient (Wildman–Crippen LogP) is 2.47. The van der Waals surface area contributed by atoms with Crippen molar-refractivity contribution in [3.63, 3.8) is 0 Å². The average molecular weight is 270 g/mol. The topological polar surface area (TPSA) is 66.8 Å². The first-order chi connectivity index (χ1) is 8.44. The van der Waals surface area contributed by atoms with Crippen molar-refractivity contribution >= 4 is 17.3 Å². The van der Waals surface area contributed by atoms with Crippen molar-refractivity contribution in [1.29, 1.82) is 0 Å². The zero-order valence-corrected chi connectivity index (χ0v) is 11.4. The van der Waals surface area contributed by atoms with Crippen LogP contribution >= 0.6 is 11.3 Å². The molecule has 2 heterocycles. The molecule has 1 aliphatic rings. The van der Waals surface area contributed by atoms with Gasteiger partial charge in [-0.05, 0) is 17.4 Å². The molecule has 0 saturated carbocycles. The molecule has 1 saturated heterocycles. The average Bonchev–Trinajstić information content (AvgIpc) is 2.78. The molecule has 2 N–H and O–H groups in total. The molecule has 0 aliphatic carbocycles. The number of carboxylic acids is 1. The van der Waals surface area contributed by atoms with Gasteiger partial charge in [-0.3, -0.25) is 0 Å². The molecule has 0 bridgehead atoms. The lowest BCUT2D eigenvalue weighted by Gasteiger charge is -2.38. The molecule has 5 heteroatoms. The van der Waals surface area contributed by atoms with Crippen molar-refractivity contribution in [3.05, 3.63) is 21.9 Å². The number of ether oxygens (including phenoxy) is 1. The highest BCUT2D eigenvalue weighted by Gasteiger charge is 2.40. The van der Waals surface area contributed by atoms with E-state index in [0.717, 1.165) is 0 Å². The second kappa shape index (κ2) is 4.99. The van der Waals surface area contributed by atoms with Crippen LogP contribution in [0.5, 0.6) is 0 Å². The van der Waals surface area contributed by atoms with Crippen molar-refractivity contribution in [2.45, 2.75) is 38.4 Å².